The van der Waals surface area contributed by atoms with E-state index in [1.807, 2.05) is 12.1 Å². The van der Waals surface area contributed by atoms with Crippen molar-refractivity contribution in [1.29, 1.82) is 0 Å². The summed E-state index contributed by atoms with van der Waals surface area (Å²) in [5.41, 5.74) is 1.43. The second-order valence-corrected chi connectivity index (χ2v) is 5.67. The van der Waals surface area contributed by atoms with Crippen molar-refractivity contribution >= 4 is 0 Å². The lowest BCUT2D eigenvalue weighted by Gasteiger charge is -2.41. The molecule has 1 fully saturated rings. The quantitative estimate of drug-likeness (QED) is 0.886. The third kappa shape index (κ3) is 3.48. The molecule has 0 aromatic heterocycles. The largest absolute Gasteiger partial charge is 0.497 e. The van der Waals surface area contributed by atoms with E-state index >= 15 is 0 Å². The van der Waals surface area contributed by atoms with Crippen LogP contribution in [0.4, 0.5) is 0 Å². The van der Waals surface area contributed by atoms with Crippen LogP contribution in [0.1, 0.15) is 31.7 Å². The second-order valence-electron chi connectivity index (χ2n) is 5.67. The van der Waals surface area contributed by atoms with Gasteiger partial charge in [-0.3, -0.25) is 4.90 Å². The SMILES string of the molecule is CCC1(CO)CCCN(Cc2ccc(OC)cc2)C1. The maximum Gasteiger partial charge on any atom is 0.118 e. The fourth-order valence-electron chi connectivity index (χ4n) is 2.96. The minimum atomic E-state index is 0.116. The van der Waals surface area contributed by atoms with Gasteiger partial charge in [0.1, 0.15) is 5.75 Å². The number of nitrogens with zero attached hydrogens (tertiary/aromatic N) is 1. The number of piperidine rings is 1. The van der Waals surface area contributed by atoms with Crippen molar-refractivity contribution in [2.24, 2.45) is 5.41 Å². The van der Waals surface area contributed by atoms with Crippen LogP contribution in [-0.4, -0.2) is 36.8 Å². The van der Waals surface area contributed by atoms with E-state index in [2.05, 4.69) is 24.0 Å². The molecule has 0 amide bonds. The average Bonchev–Trinajstić information content (AvgIpc) is 2.48. The van der Waals surface area contributed by atoms with Gasteiger partial charge in [-0.1, -0.05) is 19.1 Å². The summed E-state index contributed by atoms with van der Waals surface area (Å²) in [6.45, 7) is 5.60. The van der Waals surface area contributed by atoms with Crippen molar-refractivity contribution in [2.45, 2.75) is 32.7 Å². The maximum absolute atomic E-state index is 9.65. The first-order chi connectivity index (χ1) is 9.21. The Hall–Kier alpha value is -1.06. The minimum absolute atomic E-state index is 0.116. The Morgan fingerprint density at radius 3 is 2.63 bits per heavy atom. The summed E-state index contributed by atoms with van der Waals surface area (Å²) in [5, 5.41) is 9.65. The number of hydrogen-bond acceptors (Lipinski definition) is 3. The van der Waals surface area contributed by atoms with E-state index < -0.39 is 0 Å². The Bertz CT molecular complexity index is 384. The number of rotatable bonds is 5. The molecule has 1 aliphatic rings. The third-order valence-electron chi connectivity index (χ3n) is 4.39. The van der Waals surface area contributed by atoms with Crippen LogP contribution in [0.25, 0.3) is 0 Å². The van der Waals surface area contributed by atoms with E-state index in [1.54, 1.807) is 7.11 Å². The first kappa shape index (κ1) is 14.4. The zero-order valence-electron chi connectivity index (χ0n) is 12.1. The normalized spacial score (nSPS) is 24.4. The van der Waals surface area contributed by atoms with Crippen molar-refractivity contribution < 1.29 is 9.84 Å². The van der Waals surface area contributed by atoms with Crippen LogP contribution >= 0.6 is 0 Å². The van der Waals surface area contributed by atoms with Gasteiger partial charge in [-0.05, 0) is 43.5 Å². The van der Waals surface area contributed by atoms with Crippen LogP contribution in [0, 0.1) is 5.41 Å². The highest BCUT2D eigenvalue weighted by Crippen LogP contribution is 2.33. The van der Waals surface area contributed by atoms with Crippen molar-refractivity contribution in [2.75, 3.05) is 26.8 Å². The number of methoxy groups -OCH3 is 1. The number of benzene rings is 1. The van der Waals surface area contributed by atoms with Crippen LogP contribution in [-0.2, 0) is 6.54 Å². The van der Waals surface area contributed by atoms with Crippen molar-refractivity contribution in [3.63, 3.8) is 0 Å². The van der Waals surface area contributed by atoms with Crippen molar-refractivity contribution in [1.82, 2.24) is 4.90 Å². The summed E-state index contributed by atoms with van der Waals surface area (Å²) in [6.07, 6.45) is 3.40. The van der Waals surface area contributed by atoms with E-state index in [0.29, 0.717) is 6.61 Å². The molecule has 0 bridgehead atoms. The molecule has 0 aliphatic carbocycles. The topological polar surface area (TPSA) is 32.7 Å². The van der Waals surface area contributed by atoms with Crippen molar-refractivity contribution in [3.05, 3.63) is 29.8 Å². The predicted molar refractivity (Wildman–Crippen MR) is 77.3 cm³/mol. The Balaban J connectivity index is 1.98. The molecule has 2 rings (SSSR count). The Kier molecular flexibility index (Phi) is 4.83. The lowest BCUT2D eigenvalue weighted by atomic mass is 9.78. The van der Waals surface area contributed by atoms with E-state index in [9.17, 15) is 5.11 Å². The zero-order valence-corrected chi connectivity index (χ0v) is 12.1. The molecular formula is C16H25NO2. The van der Waals surface area contributed by atoms with Crippen LogP contribution in [0.5, 0.6) is 5.75 Å². The van der Waals surface area contributed by atoms with Gasteiger partial charge in [-0.25, -0.2) is 0 Å². The van der Waals surface area contributed by atoms with E-state index in [1.165, 1.54) is 12.0 Å². The molecule has 1 aromatic carbocycles. The predicted octanol–water partition coefficient (Wildman–Crippen LogP) is 2.68. The highest BCUT2D eigenvalue weighted by molar-refractivity contribution is 5.27. The Labute approximate surface area is 116 Å². The molecule has 1 heterocycles. The third-order valence-corrected chi connectivity index (χ3v) is 4.39. The van der Waals surface area contributed by atoms with Gasteiger partial charge in [0.05, 0.1) is 7.11 Å². The number of hydrogen-bond donors (Lipinski definition) is 1. The molecule has 106 valence electrons. The number of aliphatic hydroxyl groups excluding tert-OH is 1. The van der Waals surface area contributed by atoms with Gasteiger partial charge in [-0.2, -0.15) is 0 Å². The molecule has 0 spiro atoms. The van der Waals surface area contributed by atoms with Gasteiger partial charge < -0.3 is 9.84 Å². The standard InChI is InChI=1S/C16H25NO2/c1-3-16(13-18)9-4-10-17(12-16)11-14-5-7-15(19-2)8-6-14/h5-8,18H,3-4,9-13H2,1-2H3. The summed E-state index contributed by atoms with van der Waals surface area (Å²) < 4.78 is 5.18. The summed E-state index contributed by atoms with van der Waals surface area (Å²) in [6, 6.07) is 8.27. The summed E-state index contributed by atoms with van der Waals surface area (Å²) in [4.78, 5) is 2.46. The highest BCUT2D eigenvalue weighted by atomic mass is 16.5. The van der Waals surface area contributed by atoms with Crippen LogP contribution < -0.4 is 4.74 Å². The lowest BCUT2D eigenvalue weighted by molar-refractivity contribution is 0.0258. The number of aliphatic hydroxyl groups is 1. The van der Waals surface area contributed by atoms with Crippen LogP contribution in [0.2, 0.25) is 0 Å². The highest BCUT2D eigenvalue weighted by Gasteiger charge is 2.33. The summed E-state index contributed by atoms with van der Waals surface area (Å²) in [7, 11) is 1.69. The molecule has 1 unspecified atom stereocenters. The Morgan fingerprint density at radius 2 is 2.05 bits per heavy atom. The summed E-state index contributed by atoms with van der Waals surface area (Å²) in [5.74, 6) is 0.903. The molecule has 1 N–H and O–H groups in total. The Morgan fingerprint density at radius 1 is 1.32 bits per heavy atom. The average molecular weight is 263 g/mol. The molecule has 1 aliphatic heterocycles. The van der Waals surface area contributed by atoms with Crippen LogP contribution in [0.3, 0.4) is 0 Å². The molecule has 1 saturated heterocycles. The monoisotopic (exact) mass is 263 g/mol. The van der Waals surface area contributed by atoms with E-state index in [0.717, 1.165) is 38.2 Å². The van der Waals surface area contributed by atoms with E-state index in [-0.39, 0.29) is 5.41 Å². The van der Waals surface area contributed by atoms with Gasteiger partial charge in [0.15, 0.2) is 0 Å². The second kappa shape index (κ2) is 6.40. The first-order valence-electron chi connectivity index (χ1n) is 7.17. The maximum atomic E-state index is 9.65. The van der Waals surface area contributed by atoms with Crippen LogP contribution in [0.15, 0.2) is 24.3 Å². The van der Waals surface area contributed by atoms with E-state index in [4.69, 9.17) is 4.74 Å². The molecule has 1 atom stereocenters. The molecule has 0 radical (unpaired) electrons. The molecule has 19 heavy (non-hydrogen) atoms. The van der Waals surface area contributed by atoms with Gasteiger partial charge >= 0.3 is 0 Å². The number of likely N-dealkylation sites (tertiary alicyclic amines) is 1. The van der Waals surface area contributed by atoms with Gasteiger partial charge in [-0.15, -0.1) is 0 Å². The fourth-order valence-corrected chi connectivity index (χ4v) is 2.96. The zero-order chi connectivity index (χ0) is 13.7. The molecule has 3 nitrogen and oxygen atoms in total. The molecule has 3 heteroatoms. The number of ether oxygens (including phenoxy) is 1. The first-order valence-corrected chi connectivity index (χ1v) is 7.17. The van der Waals surface area contributed by atoms with Gasteiger partial charge in [0.2, 0.25) is 0 Å². The smallest absolute Gasteiger partial charge is 0.118 e. The van der Waals surface area contributed by atoms with Gasteiger partial charge in [0, 0.05) is 25.1 Å². The molecule has 0 saturated carbocycles. The lowest BCUT2D eigenvalue weighted by Crippen LogP contribution is -2.44. The fraction of sp³-hybridized carbons (Fsp3) is 0.625. The minimum Gasteiger partial charge on any atom is -0.497 e. The van der Waals surface area contributed by atoms with Crippen molar-refractivity contribution in [3.8, 4) is 5.75 Å². The summed E-state index contributed by atoms with van der Waals surface area (Å²) >= 11 is 0. The molecule has 1 aromatic rings. The molecular weight excluding hydrogens is 238 g/mol. The van der Waals surface area contributed by atoms with Gasteiger partial charge in [0.25, 0.3) is 0 Å².